The van der Waals surface area contributed by atoms with Crippen LogP contribution in [-0.2, 0) is 9.09 Å². The van der Waals surface area contributed by atoms with Gasteiger partial charge in [-0.15, -0.1) is 0 Å². The maximum absolute atomic E-state index is 11.7. The molecule has 16 heavy (non-hydrogen) atoms. The Labute approximate surface area is 95.1 Å². The third kappa shape index (κ3) is 3.80. The molecule has 0 bridgehead atoms. The summed E-state index contributed by atoms with van der Waals surface area (Å²) < 4.78 is 21.9. The lowest BCUT2D eigenvalue weighted by atomic mass is 10.1. The minimum Gasteiger partial charge on any atom is -0.425 e. The number of carbonyl (C=O) groups excluding carboxylic acids is 1. The van der Waals surface area contributed by atoms with Crippen molar-refractivity contribution in [2.45, 2.75) is 13.8 Å². The molecular formula is C11H15O4P. The van der Waals surface area contributed by atoms with E-state index >= 15 is 0 Å². The van der Waals surface area contributed by atoms with Crippen LogP contribution in [0, 0.1) is 0 Å². The highest BCUT2D eigenvalue weighted by atomic mass is 31.2. The number of carbonyl (C=O) groups is 1. The van der Waals surface area contributed by atoms with Crippen molar-refractivity contribution in [1.82, 2.24) is 0 Å². The summed E-state index contributed by atoms with van der Waals surface area (Å²) in [7, 11) is -3.04. The minimum absolute atomic E-state index is 0.0176. The van der Waals surface area contributed by atoms with Gasteiger partial charge in [0, 0.05) is 12.2 Å². The molecule has 0 saturated heterocycles. The van der Waals surface area contributed by atoms with Gasteiger partial charge in [0.15, 0.2) is 5.78 Å². The van der Waals surface area contributed by atoms with Gasteiger partial charge in [-0.3, -0.25) is 4.79 Å². The van der Waals surface area contributed by atoms with Crippen molar-refractivity contribution in [3.05, 3.63) is 29.8 Å². The molecule has 0 aliphatic heterocycles. The molecule has 0 fully saturated rings. The van der Waals surface area contributed by atoms with Gasteiger partial charge in [0.2, 0.25) is 0 Å². The Bertz CT molecular complexity index is 410. The molecule has 1 atom stereocenters. The third-order valence-electron chi connectivity index (χ3n) is 1.90. The second kappa shape index (κ2) is 5.28. The molecule has 1 aromatic rings. The molecule has 1 aromatic carbocycles. The van der Waals surface area contributed by atoms with E-state index in [9.17, 15) is 9.36 Å². The lowest BCUT2D eigenvalue weighted by molar-refractivity contribution is 0.101. The van der Waals surface area contributed by atoms with Gasteiger partial charge in [0.05, 0.1) is 6.61 Å². The zero-order valence-corrected chi connectivity index (χ0v) is 10.5. The van der Waals surface area contributed by atoms with Gasteiger partial charge >= 0.3 is 7.60 Å². The molecule has 0 N–H and O–H groups in total. The maximum Gasteiger partial charge on any atom is 0.376 e. The van der Waals surface area contributed by atoms with Crippen LogP contribution in [0.4, 0.5) is 0 Å². The summed E-state index contributed by atoms with van der Waals surface area (Å²) in [5.41, 5.74) is 0.592. The average molecular weight is 242 g/mol. The number of hydrogen-bond donors (Lipinski definition) is 0. The van der Waals surface area contributed by atoms with Crippen molar-refractivity contribution in [3.63, 3.8) is 0 Å². The van der Waals surface area contributed by atoms with E-state index in [1.165, 1.54) is 13.6 Å². The number of benzene rings is 1. The topological polar surface area (TPSA) is 52.6 Å². The fraction of sp³-hybridized carbons (Fsp3) is 0.364. The van der Waals surface area contributed by atoms with Crippen molar-refractivity contribution >= 4 is 13.4 Å². The summed E-state index contributed by atoms with van der Waals surface area (Å²) >= 11 is 0. The number of rotatable bonds is 5. The van der Waals surface area contributed by atoms with Crippen LogP contribution in [-0.4, -0.2) is 19.1 Å². The SMILES string of the molecule is CCO[P@@](C)(=O)Oc1ccc(C(C)=O)cc1. The van der Waals surface area contributed by atoms with E-state index in [4.69, 9.17) is 9.05 Å². The van der Waals surface area contributed by atoms with Gasteiger partial charge in [0.1, 0.15) is 5.75 Å². The molecule has 0 heterocycles. The van der Waals surface area contributed by atoms with Crippen LogP contribution in [0.15, 0.2) is 24.3 Å². The van der Waals surface area contributed by atoms with Crippen LogP contribution < -0.4 is 4.52 Å². The number of ketones is 1. The van der Waals surface area contributed by atoms with Gasteiger partial charge in [-0.05, 0) is 38.1 Å². The maximum atomic E-state index is 11.7. The van der Waals surface area contributed by atoms with E-state index in [2.05, 4.69) is 0 Å². The lowest BCUT2D eigenvalue weighted by Crippen LogP contribution is -1.97. The summed E-state index contributed by atoms with van der Waals surface area (Å²) in [4.78, 5) is 11.0. The predicted molar refractivity (Wildman–Crippen MR) is 62.2 cm³/mol. The highest BCUT2D eigenvalue weighted by Gasteiger charge is 2.17. The van der Waals surface area contributed by atoms with Gasteiger partial charge < -0.3 is 9.05 Å². The summed E-state index contributed by atoms with van der Waals surface area (Å²) in [6, 6.07) is 6.46. The second-order valence-corrected chi connectivity index (χ2v) is 5.34. The van der Waals surface area contributed by atoms with Gasteiger partial charge in [-0.2, -0.15) is 0 Å². The van der Waals surface area contributed by atoms with E-state index in [1.807, 2.05) is 0 Å². The lowest BCUT2D eigenvalue weighted by Gasteiger charge is -2.14. The zero-order valence-electron chi connectivity index (χ0n) is 9.60. The molecule has 0 aromatic heterocycles. The molecule has 0 spiro atoms. The summed E-state index contributed by atoms with van der Waals surface area (Å²) in [6.07, 6.45) is 0. The third-order valence-corrected chi connectivity index (χ3v) is 3.17. The van der Waals surface area contributed by atoms with E-state index in [0.717, 1.165) is 0 Å². The first-order valence-corrected chi connectivity index (χ1v) is 6.96. The van der Waals surface area contributed by atoms with E-state index in [1.54, 1.807) is 31.2 Å². The smallest absolute Gasteiger partial charge is 0.376 e. The normalized spacial score (nSPS) is 14.2. The van der Waals surface area contributed by atoms with E-state index in [0.29, 0.717) is 17.9 Å². The second-order valence-electron chi connectivity index (χ2n) is 3.36. The molecule has 0 saturated carbocycles. The van der Waals surface area contributed by atoms with Crippen LogP contribution in [0.5, 0.6) is 5.75 Å². The van der Waals surface area contributed by atoms with Crippen molar-refractivity contribution in [2.24, 2.45) is 0 Å². The number of Topliss-reactive ketones (excluding diaryl/α,β-unsaturated/α-hetero) is 1. The first kappa shape index (κ1) is 12.9. The minimum atomic E-state index is -3.04. The first-order valence-electron chi connectivity index (χ1n) is 4.97. The highest BCUT2D eigenvalue weighted by molar-refractivity contribution is 7.53. The fourth-order valence-corrected chi connectivity index (χ4v) is 2.23. The molecule has 0 aliphatic rings. The van der Waals surface area contributed by atoms with Crippen LogP contribution in [0.3, 0.4) is 0 Å². The quantitative estimate of drug-likeness (QED) is 0.588. The highest BCUT2D eigenvalue weighted by Crippen LogP contribution is 2.44. The van der Waals surface area contributed by atoms with E-state index < -0.39 is 7.60 Å². The molecule has 0 aliphatic carbocycles. The monoisotopic (exact) mass is 242 g/mol. The van der Waals surface area contributed by atoms with Crippen molar-refractivity contribution in [1.29, 1.82) is 0 Å². The Hall–Kier alpha value is -1.12. The van der Waals surface area contributed by atoms with Crippen molar-refractivity contribution in [3.8, 4) is 5.75 Å². The van der Waals surface area contributed by atoms with Gasteiger partial charge in [0.25, 0.3) is 0 Å². The van der Waals surface area contributed by atoms with E-state index in [-0.39, 0.29) is 5.78 Å². The van der Waals surface area contributed by atoms with Crippen LogP contribution in [0.2, 0.25) is 0 Å². The summed E-state index contributed by atoms with van der Waals surface area (Å²) in [5, 5.41) is 0. The first-order chi connectivity index (χ1) is 7.44. The molecule has 88 valence electrons. The predicted octanol–water partition coefficient (Wildman–Crippen LogP) is 3.13. The Balaban J connectivity index is 2.76. The van der Waals surface area contributed by atoms with Crippen LogP contribution in [0.1, 0.15) is 24.2 Å². The molecule has 1 rings (SSSR count). The zero-order chi connectivity index (χ0) is 12.2. The van der Waals surface area contributed by atoms with Crippen molar-refractivity contribution in [2.75, 3.05) is 13.3 Å². The molecule has 0 amide bonds. The molecule has 0 unspecified atom stereocenters. The molecule has 0 radical (unpaired) electrons. The summed E-state index contributed by atoms with van der Waals surface area (Å²) in [6.45, 7) is 4.98. The Morgan fingerprint density at radius 3 is 2.31 bits per heavy atom. The average Bonchev–Trinajstić information content (AvgIpc) is 2.17. The van der Waals surface area contributed by atoms with Crippen LogP contribution in [0.25, 0.3) is 0 Å². The number of hydrogen-bond acceptors (Lipinski definition) is 4. The Morgan fingerprint density at radius 2 is 1.88 bits per heavy atom. The van der Waals surface area contributed by atoms with Crippen LogP contribution >= 0.6 is 7.60 Å². The molecule has 5 heteroatoms. The summed E-state index contributed by atoms with van der Waals surface area (Å²) in [5.74, 6) is 0.417. The molecular weight excluding hydrogens is 227 g/mol. The largest absolute Gasteiger partial charge is 0.425 e. The Kier molecular flexibility index (Phi) is 4.27. The molecule has 4 nitrogen and oxygen atoms in total. The fourth-order valence-electron chi connectivity index (χ4n) is 1.20. The standard InChI is InChI=1S/C11H15O4P/c1-4-14-16(3,13)15-11-7-5-10(6-8-11)9(2)12/h5-8H,4H2,1-3H3/t16-/m1/s1. The Morgan fingerprint density at radius 1 is 1.31 bits per heavy atom. The van der Waals surface area contributed by atoms with Gasteiger partial charge in [-0.25, -0.2) is 4.57 Å². The van der Waals surface area contributed by atoms with Gasteiger partial charge in [-0.1, -0.05) is 0 Å². The van der Waals surface area contributed by atoms with Crippen molar-refractivity contribution < 1.29 is 18.4 Å².